The minimum Gasteiger partial charge on any atom is -0.497 e. The quantitative estimate of drug-likeness (QED) is 0.288. The van der Waals surface area contributed by atoms with Gasteiger partial charge < -0.3 is 19.7 Å². The average molecular weight is 608 g/mol. The molecule has 0 heterocycles. The molecule has 1 aliphatic carbocycles. The van der Waals surface area contributed by atoms with Gasteiger partial charge in [0.2, 0.25) is 11.8 Å². The summed E-state index contributed by atoms with van der Waals surface area (Å²) in [6.45, 7) is 1.48. The summed E-state index contributed by atoms with van der Waals surface area (Å²) in [6, 6.07) is 21.3. The first-order valence-corrected chi connectivity index (χ1v) is 16.2. The number of sulfonamides is 1. The third-order valence-electron chi connectivity index (χ3n) is 7.81. The summed E-state index contributed by atoms with van der Waals surface area (Å²) in [4.78, 5) is 29.4. The van der Waals surface area contributed by atoms with Crippen molar-refractivity contribution in [3.8, 4) is 11.5 Å². The Morgan fingerprint density at radius 2 is 1.53 bits per heavy atom. The molecule has 1 saturated carbocycles. The molecule has 1 aliphatic rings. The number of amides is 2. The van der Waals surface area contributed by atoms with Gasteiger partial charge >= 0.3 is 0 Å². The van der Waals surface area contributed by atoms with Crippen molar-refractivity contribution in [3.05, 3.63) is 84.4 Å². The minimum absolute atomic E-state index is 0.0105. The van der Waals surface area contributed by atoms with Crippen molar-refractivity contribution in [2.24, 2.45) is 0 Å². The number of anilines is 1. The molecule has 230 valence electrons. The van der Waals surface area contributed by atoms with E-state index in [4.69, 9.17) is 9.47 Å². The molecule has 0 saturated heterocycles. The molecule has 43 heavy (non-hydrogen) atoms. The second kappa shape index (κ2) is 14.9. The number of nitrogens with zero attached hydrogens (tertiary/aromatic N) is 2. The highest BCUT2D eigenvalue weighted by atomic mass is 32.2. The van der Waals surface area contributed by atoms with Crippen molar-refractivity contribution in [2.75, 3.05) is 25.1 Å². The summed E-state index contributed by atoms with van der Waals surface area (Å²) in [7, 11) is -1.29. The SMILES string of the molecule is CC[C@@H](C(=O)NC1CCCCC1)N(Cc1ccccc1)C(=O)CN(c1ccccc1OC)S(=O)(=O)c1ccc(OC)cc1. The second-order valence-corrected chi connectivity index (χ2v) is 12.5. The van der Waals surface area contributed by atoms with E-state index >= 15 is 0 Å². The summed E-state index contributed by atoms with van der Waals surface area (Å²) < 4.78 is 40.0. The van der Waals surface area contributed by atoms with E-state index in [9.17, 15) is 18.0 Å². The lowest BCUT2D eigenvalue weighted by Crippen LogP contribution is -2.54. The van der Waals surface area contributed by atoms with Crippen molar-refractivity contribution in [3.63, 3.8) is 0 Å². The number of hydrogen-bond acceptors (Lipinski definition) is 6. The number of nitrogens with one attached hydrogen (secondary N) is 1. The molecule has 4 rings (SSSR count). The van der Waals surface area contributed by atoms with E-state index in [1.165, 1.54) is 31.3 Å². The smallest absolute Gasteiger partial charge is 0.264 e. The Balaban J connectivity index is 1.72. The first-order chi connectivity index (χ1) is 20.8. The number of para-hydroxylation sites is 2. The van der Waals surface area contributed by atoms with E-state index in [0.717, 1.165) is 42.0 Å². The summed E-state index contributed by atoms with van der Waals surface area (Å²) in [5.74, 6) is 0.0739. The molecule has 10 heteroatoms. The van der Waals surface area contributed by atoms with Gasteiger partial charge in [-0.05, 0) is 61.2 Å². The van der Waals surface area contributed by atoms with Crippen LogP contribution in [-0.4, -0.2) is 58.0 Å². The molecule has 1 atom stereocenters. The molecule has 1 N–H and O–H groups in total. The summed E-state index contributed by atoms with van der Waals surface area (Å²) in [5.41, 5.74) is 1.05. The highest BCUT2D eigenvalue weighted by molar-refractivity contribution is 7.92. The highest BCUT2D eigenvalue weighted by Gasteiger charge is 2.35. The molecule has 0 unspecified atom stereocenters. The van der Waals surface area contributed by atoms with Crippen LogP contribution in [0.15, 0.2) is 83.8 Å². The van der Waals surface area contributed by atoms with E-state index in [1.54, 1.807) is 36.4 Å². The standard InChI is InChI=1S/C33H41N3O6S/c1-4-29(33(38)34-26-15-9-6-10-16-26)35(23-25-13-7-5-8-14-25)32(37)24-36(30-17-11-12-18-31(30)42-3)43(39,40)28-21-19-27(41-2)20-22-28/h5,7-8,11-14,17-22,26,29H,4,6,9-10,15-16,23-24H2,1-3H3,(H,34,38)/t29-/m0/s1. The van der Waals surface area contributed by atoms with Crippen molar-refractivity contribution >= 4 is 27.5 Å². The Labute approximate surface area is 254 Å². The maximum Gasteiger partial charge on any atom is 0.264 e. The zero-order valence-electron chi connectivity index (χ0n) is 25.1. The number of hydrogen-bond donors (Lipinski definition) is 1. The monoisotopic (exact) mass is 607 g/mol. The van der Waals surface area contributed by atoms with Crippen molar-refractivity contribution in [2.45, 2.75) is 69.0 Å². The van der Waals surface area contributed by atoms with Crippen LogP contribution in [0.25, 0.3) is 0 Å². The van der Waals surface area contributed by atoms with Crippen LogP contribution >= 0.6 is 0 Å². The van der Waals surface area contributed by atoms with Crippen LogP contribution in [-0.2, 0) is 26.2 Å². The Morgan fingerprint density at radius 3 is 2.16 bits per heavy atom. The lowest BCUT2D eigenvalue weighted by Gasteiger charge is -2.34. The van der Waals surface area contributed by atoms with Crippen LogP contribution in [0.4, 0.5) is 5.69 Å². The van der Waals surface area contributed by atoms with Gasteiger partial charge in [-0.25, -0.2) is 8.42 Å². The van der Waals surface area contributed by atoms with Crippen molar-refractivity contribution < 1.29 is 27.5 Å². The van der Waals surface area contributed by atoms with Gasteiger partial charge in [0.25, 0.3) is 10.0 Å². The van der Waals surface area contributed by atoms with Crippen molar-refractivity contribution in [1.29, 1.82) is 0 Å². The van der Waals surface area contributed by atoms with Crippen LogP contribution in [0.1, 0.15) is 51.0 Å². The van der Waals surface area contributed by atoms with E-state index in [2.05, 4.69) is 5.32 Å². The Bertz CT molecular complexity index is 1460. The van der Waals surface area contributed by atoms with Crippen LogP contribution in [0, 0.1) is 0 Å². The van der Waals surface area contributed by atoms with Gasteiger partial charge in [-0.1, -0.05) is 68.7 Å². The van der Waals surface area contributed by atoms with Gasteiger partial charge in [-0.2, -0.15) is 0 Å². The summed E-state index contributed by atoms with van der Waals surface area (Å²) >= 11 is 0. The molecule has 3 aromatic rings. The maximum atomic E-state index is 14.3. The van der Waals surface area contributed by atoms with Gasteiger partial charge in [0, 0.05) is 12.6 Å². The molecular formula is C33H41N3O6S. The molecular weight excluding hydrogens is 566 g/mol. The third-order valence-corrected chi connectivity index (χ3v) is 9.59. The highest BCUT2D eigenvalue weighted by Crippen LogP contribution is 2.33. The number of methoxy groups -OCH3 is 2. The lowest BCUT2D eigenvalue weighted by atomic mass is 9.95. The fraction of sp³-hybridized carbons (Fsp3) is 0.394. The molecule has 3 aromatic carbocycles. The first kappa shape index (κ1) is 31.9. The van der Waals surface area contributed by atoms with E-state index in [-0.39, 0.29) is 29.1 Å². The fourth-order valence-electron chi connectivity index (χ4n) is 5.47. The molecule has 0 aromatic heterocycles. The predicted molar refractivity (Wildman–Crippen MR) is 167 cm³/mol. The molecule has 2 amide bonds. The average Bonchev–Trinajstić information content (AvgIpc) is 3.04. The van der Waals surface area contributed by atoms with Crippen LogP contribution in [0.2, 0.25) is 0 Å². The fourth-order valence-corrected chi connectivity index (χ4v) is 6.89. The van der Waals surface area contributed by atoms with Gasteiger partial charge in [-0.15, -0.1) is 0 Å². The number of rotatable bonds is 13. The summed E-state index contributed by atoms with van der Waals surface area (Å²) in [5, 5.41) is 3.16. The molecule has 9 nitrogen and oxygen atoms in total. The van der Waals surface area contributed by atoms with Crippen LogP contribution in [0.3, 0.4) is 0 Å². The van der Waals surface area contributed by atoms with E-state index in [0.29, 0.717) is 17.9 Å². The molecule has 0 aliphatic heterocycles. The largest absolute Gasteiger partial charge is 0.497 e. The summed E-state index contributed by atoms with van der Waals surface area (Å²) in [6.07, 6.45) is 5.48. The van der Waals surface area contributed by atoms with E-state index < -0.39 is 28.5 Å². The van der Waals surface area contributed by atoms with Crippen molar-refractivity contribution in [1.82, 2.24) is 10.2 Å². The van der Waals surface area contributed by atoms with Gasteiger partial charge in [0.05, 0.1) is 24.8 Å². The minimum atomic E-state index is -4.24. The van der Waals surface area contributed by atoms with Crippen LogP contribution < -0.4 is 19.1 Å². The molecule has 0 radical (unpaired) electrons. The topological polar surface area (TPSA) is 105 Å². The second-order valence-electron chi connectivity index (χ2n) is 10.6. The Hall–Kier alpha value is -4.05. The predicted octanol–water partition coefficient (Wildman–Crippen LogP) is 5.16. The van der Waals surface area contributed by atoms with Gasteiger partial charge in [0.1, 0.15) is 24.1 Å². The van der Waals surface area contributed by atoms with Gasteiger partial charge in [-0.3, -0.25) is 13.9 Å². The first-order valence-electron chi connectivity index (χ1n) is 14.7. The van der Waals surface area contributed by atoms with E-state index in [1.807, 2.05) is 37.3 Å². The van der Waals surface area contributed by atoms with Crippen LogP contribution in [0.5, 0.6) is 11.5 Å². The zero-order valence-corrected chi connectivity index (χ0v) is 25.9. The molecule has 0 spiro atoms. The number of carbonyl (C=O) groups is 2. The molecule has 1 fully saturated rings. The third kappa shape index (κ3) is 7.87. The Kier molecular flexibility index (Phi) is 11.1. The molecule has 0 bridgehead atoms. The number of ether oxygens (including phenoxy) is 2. The number of benzene rings is 3. The Morgan fingerprint density at radius 1 is 0.884 bits per heavy atom. The zero-order chi connectivity index (χ0) is 30.8. The number of carbonyl (C=O) groups excluding carboxylic acids is 2. The van der Waals surface area contributed by atoms with Gasteiger partial charge in [0.15, 0.2) is 0 Å². The normalized spacial score (nSPS) is 14.4. The lowest BCUT2D eigenvalue weighted by molar-refractivity contribution is -0.140. The maximum absolute atomic E-state index is 14.3.